The van der Waals surface area contributed by atoms with E-state index < -0.39 is 17.5 Å². The highest BCUT2D eigenvalue weighted by Crippen LogP contribution is 2.21. The summed E-state index contributed by atoms with van der Waals surface area (Å²) in [6.07, 6.45) is 1.70. The first-order valence-corrected chi connectivity index (χ1v) is 10.5. The second-order valence-corrected chi connectivity index (χ2v) is 7.81. The van der Waals surface area contributed by atoms with E-state index in [1.807, 2.05) is 26.0 Å². The molecule has 1 heterocycles. The Morgan fingerprint density at radius 3 is 2.61 bits per heavy atom. The molecule has 0 radical (unpaired) electrons. The smallest absolute Gasteiger partial charge is 0.234 e. The molecule has 0 saturated carbocycles. The lowest BCUT2D eigenvalue weighted by Gasteiger charge is -2.10. The van der Waals surface area contributed by atoms with Crippen LogP contribution >= 0.6 is 11.8 Å². The van der Waals surface area contributed by atoms with Crippen molar-refractivity contribution < 1.29 is 18.3 Å². The third kappa shape index (κ3) is 6.14. The number of aromatic nitrogens is 3. The molecule has 3 aromatic rings. The largest absolute Gasteiger partial charge is 0.486 e. The summed E-state index contributed by atoms with van der Waals surface area (Å²) >= 11 is 1.15. The molecule has 0 aliphatic heterocycles. The number of anilines is 1. The van der Waals surface area contributed by atoms with Gasteiger partial charge in [-0.3, -0.25) is 9.36 Å². The van der Waals surface area contributed by atoms with E-state index in [4.69, 9.17) is 4.74 Å². The van der Waals surface area contributed by atoms with Gasteiger partial charge in [0, 0.05) is 12.6 Å². The van der Waals surface area contributed by atoms with Gasteiger partial charge in [-0.25, -0.2) is 8.78 Å². The van der Waals surface area contributed by atoms with Crippen molar-refractivity contribution in [2.24, 2.45) is 0 Å². The molecule has 0 aliphatic rings. The Kier molecular flexibility index (Phi) is 7.41. The van der Waals surface area contributed by atoms with Crippen molar-refractivity contribution in [3.05, 3.63) is 77.6 Å². The Hall–Kier alpha value is -3.20. The minimum Gasteiger partial charge on any atom is -0.486 e. The van der Waals surface area contributed by atoms with Gasteiger partial charge in [-0.2, -0.15) is 0 Å². The fourth-order valence-electron chi connectivity index (χ4n) is 2.92. The Bertz CT molecular complexity index is 1080. The van der Waals surface area contributed by atoms with E-state index in [1.165, 1.54) is 6.07 Å². The number of amides is 1. The molecule has 31 heavy (non-hydrogen) atoms. The second-order valence-electron chi connectivity index (χ2n) is 6.87. The predicted molar refractivity (Wildman–Crippen MR) is 116 cm³/mol. The van der Waals surface area contributed by atoms with Gasteiger partial charge in [0.15, 0.2) is 11.0 Å². The number of allylic oxidation sites excluding steroid dienone is 1. The normalized spacial score (nSPS) is 10.7. The topological polar surface area (TPSA) is 69.0 Å². The highest BCUT2D eigenvalue weighted by atomic mass is 32.2. The van der Waals surface area contributed by atoms with Crippen LogP contribution in [-0.4, -0.2) is 26.4 Å². The second kappa shape index (κ2) is 10.2. The number of nitrogens with one attached hydrogen (secondary N) is 1. The summed E-state index contributed by atoms with van der Waals surface area (Å²) in [5.41, 5.74) is 2.12. The van der Waals surface area contributed by atoms with Crippen LogP contribution in [0, 0.1) is 25.5 Å². The van der Waals surface area contributed by atoms with Crippen molar-refractivity contribution >= 4 is 23.4 Å². The molecular formula is C22H22F2N4O2S. The maximum absolute atomic E-state index is 13.7. The van der Waals surface area contributed by atoms with Gasteiger partial charge < -0.3 is 10.1 Å². The molecule has 0 saturated heterocycles. The van der Waals surface area contributed by atoms with Crippen LogP contribution in [0.15, 0.2) is 54.2 Å². The summed E-state index contributed by atoms with van der Waals surface area (Å²) in [5.74, 6) is -0.690. The number of rotatable bonds is 9. The molecule has 0 spiro atoms. The lowest BCUT2D eigenvalue weighted by Crippen LogP contribution is -2.16. The fourth-order valence-corrected chi connectivity index (χ4v) is 3.68. The maximum Gasteiger partial charge on any atom is 0.234 e. The van der Waals surface area contributed by atoms with Gasteiger partial charge in [0.05, 0.1) is 11.4 Å². The average Bonchev–Trinajstić information content (AvgIpc) is 3.08. The minimum absolute atomic E-state index is 0.0238. The molecular weight excluding hydrogens is 422 g/mol. The summed E-state index contributed by atoms with van der Waals surface area (Å²) in [6.45, 7) is 8.39. The van der Waals surface area contributed by atoms with Gasteiger partial charge in [-0.05, 0) is 49.2 Å². The van der Waals surface area contributed by atoms with Gasteiger partial charge in [0.2, 0.25) is 5.91 Å². The summed E-state index contributed by atoms with van der Waals surface area (Å²) < 4.78 is 34.4. The SMILES string of the molecule is C=CCn1c(COc2cc(C)cc(C)c2)nnc1SCC(=O)Nc1ccc(F)cc1F. The molecule has 0 bridgehead atoms. The van der Waals surface area contributed by atoms with Crippen LogP contribution in [0.4, 0.5) is 14.5 Å². The monoisotopic (exact) mass is 444 g/mol. The molecule has 1 amide bonds. The van der Waals surface area contributed by atoms with Gasteiger partial charge >= 0.3 is 0 Å². The molecule has 9 heteroatoms. The molecule has 6 nitrogen and oxygen atoms in total. The summed E-state index contributed by atoms with van der Waals surface area (Å²) in [7, 11) is 0. The minimum atomic E-state index is -0.834. The number of nitrogens with zero attached hydrogens (tertiary/aromatic N) is 3. The number of carbonyl (C=O) groups excluding carboxylic acids is 1. The zero-order chi connectivity index (χ0) is 22.4. The Morgan fingerprint density at radius 2 is 1.94 bits per heavy atom. The van der Waals surface area contributed by atoms with Crippen LogP contribution in [0.1, 0.15) is 17.0 Å². The summed E-state index contributed by atoms with van der Waals surface area (Å²) in [4.78, 5) is 12.2. The molecule has 0 atom stereocenters. The first kappa shape index (κ1) is 22.5. The Balaban J connectivity index is 1.64. The Labute approximate surface area is 183 Å². The number of benzene rings is 2. The number of hydrogen-bond donors (Lipinski definition) is 1. The molecule has 1 aromatic heterocycles. The molecule has 2 aromatic carbocycles. The van der Waals surface area contributed by atoms with Crippen LogP contribution in [0.2, 0.25) is 0 Å². The zero-order valence-electron chi connectivity index (χ0n) is 17.2. The van der Waals surface area contributed by atoms with E-state index in [-0.39, 0.29) is 18.0 Å². The van der Waals surface area contributed by atoms with Gasteiger partial charge in [-0.1, -0.05) is 23.9 Å². The number of thioether (sulfide) groups is 1. The summed E-state index contributed by atoms with van der Waals surface area (Å²) in [5, 5.41) is 11.2. The zero-order valence-corrected chi connectivity index (χ0v) is 18.0. The molecule has 0 fully saturated rings. The number of hydrogen-bond acceptors (Lipinski definition) is 5. The van der Waals surface area contributed by atoms with Crippen molar-refractivity contribution in [1.82, 2.24) is 14.8 Å². The first-order chi connectivity index (χ1) is 14.9. The third-order valence-electron chi connectivity index (χ3n) is 4.21. The number of ether oxygens (including phenoxy) is 1. The lowest BCUT2D eigenvalue weighted by molar-refractivity contribution is -0.113. The molecule has 0 aliphatic carbocycles. The average molecular weight is 445 g/mol. The molecule has 162 valence electrons. The van der Waals surface area contributed by atoms with Crippen LogP contribution in [0.5, 0.6) is 5.75 Å². The van der Waals surface area contributed by atoms with E-state index in [2.05, 4.69) is 28.2 Å². The van der Waals surface area contributed by atoms with Crippen LogP contribution < -0.4 is 10.1 Å². The van der Waals surface area contributed by atoms with Crippen molar-refractivity contribution in [3.63, 3.8) is 0 Å². The van der Waals surface area contributed by atoms with E-state index in [9.17, 15) is 13.6 Å². The number of aryl methyl sites for hydroxylation is 2. The molecule has 3 rings (SSSR count). The van der Waals surface area contributed by atoms with Crippen molar-refractivity contribution in [3.8, 4) is 5.75 Å². The lowest BCUT2D eigenvalue weighted by atomic mass is 10.1. The number of halogens is 2. The van der Waals surface area contributed by atoms with Crippen molar-refractivity contribution in [1.29, 1.82) is 0 Å². The summed E-state index contributed by atoms with van der Waals surface area (Å²) in [6, 6.07) is 8.91. The maximum atomic E-state index is 13.7. The standard InChI is InChI=1S/C22H22F2N4O2S/c1-4-7-28-20(12-30-17-9-14(2)8-15(3)10-17)26-27-22(28)31-13-21(29)25-19-6-5-16(23)11-18(19)24/h4-6,8-11H,1,7,12-13H2,2-3H3,(H,25,29). The van der Waals surface area contributed by atoms with Crippen LogP contribution in [0.25, 0.3) is 0 Å². The van der Waals surface area contributed by atoms with Crippen LogP contribution in [-0.2, 0) is 17.9 Å². The number of carbonyl (C=O) groups is 1. The van der Waals surface area contributed by atoms with E-state index in [0.29, 0.717) is 23.6 Å². The van der Waals surface area contributed by atoms with E-state index in [0.717, 1.165) is 34.7 Å². The molecule has 0 unspecified atom stereocenters. The van der Waals surface area contributed by atoms with E-state index in [1.54, 1.807) is 10.6 Å². The van der Waals surface area contributed by atoms with Crippen molar-refractivity contribution in [2.45, 2.75) is 32.2 Å². The van der Waals surface area contributed by atoms with Gasteiger partial charge in [-0.15, -0.1) is 16.8 Å². The third-order valence-corrected chi connectivity index (χ3v) is 5.17. The van der Waals surface area contributed by atoms with Gasteiger partial charge in [0.25, 0.3) is 0 Å². The van der Waals surface area contributed by atoms with E-state index >= 15 is 0 Å². The fraction of sp³-hybridized carbons (Fsp3) is 0.227. The Morgan fingerprint density at radius 1 is 1.19 bits per heavy atom. The predicted octanol–water partition coefficient (Wildman–Crippen LogP) is 4.67. The first-order valence-electron chi connectivity index (χ1n) is 9.47. The van der Waals surface area contributed by atoms with Gasteiger partial charge in [0.1, 0.15) is 24.0 Å². The molecule has 1 N–H and O–H groups in total. The van der Waals surface area contributed by atoms with Crippen LogP contribution in [0.3, 0.4) is 0 Å². The highest BCUT2D eigenvalue weighted by molar-refractivity contribution is 7.99. The quantitative estimate of drug-likeness (QED) is 0.384. The highest BCUT2D eigenvalue weighted by Gasteiger charge is 2.15. The van der Waals surface area contributed by atoms with Crippen molar-refractivity contribution in [2.75, 3.05) is 11.1 Å².